The van der Waals surface area contributed by atoms with Crippen LogP contribution < -0.4 is 20.6 Å². The Morgan fingerprint density at radius 3 is 2.30 bits per heavy atom. The monoisotopic (exact) mass is 298 g/mol. The SMILES string of the molecule is CN(C)P1On2nnc3c1cccc32.CNC.CNC. The van der Waals surface area contributed by atoms with E-state index in [1.165, 1.54) is 4.85 Å². The summed E-state index contributed by atoms with van der Waals surface area (Å²) < 4.78 is 7.75. The van der Waals surface area contributed by atoms with Crippen LogP contribution in [-0.4, -0.2) is 62.1 Å². The third kappa shape index (κ3) is 3.64. The molecule has 1 unspecified atom stereocenters. The average Bonchev–Trinajstić information content (AvgIpc) is 2.68. The van der Waals surface area contributed by atoms with Gasteiger partial charge in [0.15, 0.2) is 0 Å². The van der Waals surface area contributed by atoms with Gasteiger partial charge in [0.1, 0.15) is 11.0 Å². The first-order chi connectivity index (χ1) is 9.60. The molecule has 0 saturated heterocycles. The predicted molar refractivity (Wildman–Crippen MR) is 84.3 cm³/mol. The number of hydrogen-bond donors (Lipinski definition) is 2. The molecule has 0 saturated carbocycles. The molecule has 0 aliphatic carbocycles. The van der Waals surface area contributed by atoms with Crippen LogP contribution in [0.4, 0.5) is 0 Å². The molecule has 0 fully saturated rings. The van der Waals surface area contributed by atoms with E-state index in [9.17, 15) is 0 Å². The fourth-order valence-electron chi connectivity index (χ4n) is 1.53. The van der Waals surface area contributed by atoms with Crippen molar-refractivity contribution in [2.45, 2.75) is 0 Å². The molecule has 20 heavy (non-hydrogen) atoms. The lowest BCUT2D eigenvalue weighted by atomic mass is 10.3. The second-order valence-electron chi connectivity index (χ2n) is 4.31. The van der Waals surface area contributed by atoms with Gasteiger partial charge in [0.25, 0.3) is 0 Å². The van der Waals surface area contributed by atoms with Gasteiger partial charge in [0, 0.05) is 0 Å². The second kappa shape index (κ2) is 8.11. The fourth-order valence-corrected chi connectivity index (χ4v) is 3.02. The van der Waals surface area contributed by atoms with Gasteiger partial charge in [-0.1, -0.05) is 10.9 Å². The molecule has 4 bridgehead atoms. The summed E-state index contributed by atoms with van der Waals surface area (Å²) in [6.45, 7) is 0. The summed E-state index contributed by atoms with van der Waals surface area (Å²) in [7, 11) is 10.7. The van der Waals surface area contributed by atoms with Crippen LogP contribution in [0, 0.1) is 0 Å². The third-order valence-corrected chi connectivity index (χ3v) is 3.96. The molecule has 0 spiro atoms. The molecule has 8 heteroatoms. The number of benzene rings is 1. The van der Waals surface area contributed by atoms with Crippen LogP contribution in [0.2, 0.25) is 0 Å². The van der Waals surface area contributed by atoms with Crippen LogP contribution in [0.5, 0.6) is 0 Å². The van der Waals surface area contributed by atoms with Gasteiger partial charge in [0.2, 0.25) is 8.30 Å². The van der Waals surface area contributed by atoms with Gasteiger partial charge >= 0.3 is 0 Å². The van der Waals surface area contributed by atoms with Crippen LogP contribution in [0.15, 0.2) is 18.2 Å². The van der Waals surface area contributed by atoms with Crippen molar-refractivity contribution >= 4 is 24.6 Å². The van der Waals surface area contributed by atoms with Crippen LogP contribution in [-0.2, 0) is 0 Å². The lowest BCUT2D eigenvalue weighted by Crippen LogP contribution is -2.26. The molecule has 2 aromatic rings. The van der Waals surface area contributed by atoms with Crippen molar-refractivity contribution in [2.75, 3.05) is 42.3 Å². The van der Waals surface area contributed by atoms with E-state index >= 15 is 0 Å². The molecule has 3 rings (SSSR count). The number of nitrogens with zero attached hydrogens (tertiary/aromatic N) is 4. The first-order valence-corrected chi connectivity index (χ1v) is 7.49. The topological polar surface area (TPSA) is 67.2 Å². The molecule has 2 heterocycles. The normalized spacial score (nSPS) is 15.2. The van der Waals surface area contributed by atoms with Gasteiger partial charge in [-0.3, -0.25) is 4.67 Å². The van der Waals surface area contributed by atoms with Crippen molar-refractivity contribution in [1.29, 1.82) is 0 Å². The largest absolute Gasteiger partial charge is 0.354 e. The van der Waals surface area contributed by atoms with Crippen molar-refractivity contribution in [3.63, 3.8) is 0 Å². The Balaban J connectivity index is 0.000000290. The third-order valence-electron chi connectivity index (χ3n) is 2.15. The van der Waals surface area contributed by atoms with Crippen molar-refractivity contribution < 1.29 is 4.62 Å². The molecule has 1 aromatic carbocycles. The number of aromatic nitrogens is 3. The minimum atomic E-state index is -0.762. The molecule has 1 aliphatic rings. The molecule has 0 radical (unpaired) electrons. The summed E-state index contributed by atoms with van der Waals surface area (Å²) in [6.07, 6.45) is 0. The first-order valence-electron chi connectivity index (χ1n) is 6.27. The Morgan fingerprint density at radius 2 is 1.75 bits per heavy atom. The Morgan fingerprint density at radius 1 is 1.15 bits per heavy atom. The lowest BCUT2D eigenvalue weighted by Gasteiger charge is -2.25. The quantitative estimate of drug-likeness (QED) is 0.725. The summed E-state index contributed by atoms with van der Waals surface area (Å²) >= 11 is 0. The van der Waals surface area contributed by atoms with E-state index in [4.69, 9.17) is 4.62 Å². The molecule has 0 amide bonds. The van der Waals surface area contributed by atoms with Gasteiger partial charge in [-0.25, -0.2) is 0 Å². The van der Waals surface area contributed by atoms with Crippen molar-refractivity contribution in [1.82, 2.24) is 30.5 Å². The predicted octanol–water partition coefficient (Wildman–Crippen LogP) is 0.0435. The van der Waals surface area contributed by atoms with Gasteiger partial charge in [-0.05, 0) is 59.6 Å². The van der Waals surface area contributed by atoms with E-state index in [1.54, 1.807) is 0 Å². The Labute approximate surface area is 121 Å². The van der Waals surface area contributed by atoms with Crippen LogP contribution >= 0.6 is 8.30 Å². The van der Waals surface area contributed by atoms with Gasteiger partial charge in [-0.2, -0.15) is 0 Å². The number of nitrogens with one attached hydrogen (secondary N) is 2. The molecular formula is C12H23N6OP. The van der Waals surface area contributed by atoms with Gasteiger partial charge in [0.05, 0.1) is 5.30 Å². The first kappa shape index (κ1) is 16.8. The highest BCUT2D eigenvalue weighted by Gasteiger charge is 2.28. The minimum Gasteiger partial charge on any atom is -0.354 e. The summed E-state index contributed by atoms with van der Waals surface area (Å²) in [6, 6.07) is 6.02. The van der Waals surface area contributed by atoms with E-state index in [-0.39, 0.29) is 0 Å². The maximum absolute atomic E-state index is 5.69. The Bertz CT molecular complexity index is 528. The van der Waals surface area contributed by atoms with E-state index < -0.39 is 8.30 Å². The zero-order valence-electron chi connectivity index (χ0n) is 12.9. The standard InChI is InChI=1S/C8H9N4OP.2C2H7N/c1-11(2)14-7-5-3-4-6-8(7)9-10-12(6)13-14;2*1-3-2/h3-5H,1-2H3;2*3H,1-2H3. The number of hydrogen-bond acceptors (Lipinski definition) is 6. The lowest BCUT2D eigenvalue weighted by molar-refractivity contribution is 0.253. The van der Waals surface area contributed by atoms with Gasteiger partial charge in [-0.15, -0.1) is 5.10 Å². The molecule has 2 N–H and O–H groups in total. The second-order valence-corrected chi connectivity index (χ2v) is 6.30. The highest BCUT2D eigenvalue weighted by molar-refractivity contribution is 7.59. The molecule has 1 aliphatic heterocycles. The maximum atomic E-state index is 5.69. The molecular weight excluding hydrogens is 275 g/mol. The van der Waals surface area contributed by atoms with E-state index in [2.05, 4.69) is 25.6 Å². The highest BCUT2D eigenvalue weighted by Crippen LogP contribution is 2.39. The fraction of sp³-hybridized carbons (Fsp3) is 0.500. The highest BCUT2D eigenvalue weighted by atomic mass is 31.2. The van der Waals surface area contributed by atoms with E-state index in [0.29, 0.717) is 0 Å². The average molecular weight is 298 g/mol. The minimum absolute atomic E-state index is 0.762. The zero-order valence-corrected chi connectivity index (χ0v) is 13.8. The summed E-state index contributed by atoms with van der Waals surface area (Å²) in [5, 5.41) is 14.7. The summed E-state index contributed by atoms with van der Waals surface area (Å²) in [5.41, 5.74) is 1.90. The Kier molecular flexibility index (Phi) is 6.81. The molecule has 1 atom stereocenters. The van der Waals surface area contributed by atoms with Crippen molar-refractivity contribution in [2.24, 2.45) is 0 Å². The summed E-state index contributed by atoms with van der Waals surface area (Å²) in [5.74, 6) is 0. The van der Waals surface area contributed by atoms with E-state index in [0.717, 1.165) is 16.3 Å². The van der Waals surface area contributed by atoms with Crippen LogP contribution in [0.25, 0.3) is 11.0 Å². The molecule has 1 aromatic heterocycles. The van der Waals surface area contributed by atoms with Crippen molar-refractivity contribution in [3.8, 4) is 0 Å². The van der Waals surface area contributed by atoms with Crippen LogP contribution in [0.1, 0.15) is 0 Å². The smallest absolute Gasteiger partial charge is 0.231 e. The van der Waals surface area contributed by atoms with Crippen LogP contribution in [0.3, 0.4) is 0 Å². The molecule has 112 valence electrons. The summed E-state index contributed by atoms with van der Waals surface area (Å²) in [4.78, 5) is 1.51. The Hall–Kier alpha value is -1.27. The molecule has 7 nitrogen and oxygen atoms in total. The van der Waals surface area contributed by atoms with E-state index in [1.807, 2.05) is 60.5 Å². The van der Waals surface area contributed by atoms with Gasteiger partial charge < -0.3 is 15.3 Å². The number of rotatable bonds is 1. The van der Waals surface area contributed by atoms with Crippen molar-refractivity contribution in [3.05, 3.63) is 18.2 Å². The maximum Gasteiger partial charge on any atom is 0.231 e. The zero-order chi connectivity index (χ0) is 15.1.